The second kappa shape index (κ2) is 8.46. The number of benzene rings is 1. The van der Waals surface area contributed by atoms with Crippen molar-refractivity contribution in [2.24, 2.45) is 5.73 Å². The van der Waals surface area contributed by atoms with Crippen molar-refractivity contribution < 1.29 is 4.74 Å². The van der Waals surface area contributed by atoms with Gasteiger partial charge in [0.15, 0.2) is 0 Å². The van der Waals surface area contributed by atoms with Crippen LogP contribution in [0.1, 0.15) is 24.9 Å². The van der Waals surface area contributed by atoms with Crippen molar-refractivity contribution in [2.45, 2.75) is 25.4 Å². The summed E-state index contributed by atoms with van der Waals surface area (Å²) < 4.78 is 5.46. The molecule has 2 N–H and O–H groups in total. The third kappa shape index (κ3) is 4.13. The topological polar surface area (TPSA) is 38.5 Å². The van der Waals surface area contributed by atoms with Crippen molar-refractivity contribution in [3.63, 3.8) is 0 Å². The summed E-state index contributed by atoms with van der Waals surface area (Å²) in [5, 5.41) is 0. The summed E-state index contributed by atoms with van der Waals surface area (Å²) in [6.45, 7) is 2.83. The van der Waals surface area contributed by atoms with Crippen LogP contribution in [0.5, 0.6) is 5.75 Å². The first kappa shape index (κ1) is 16.3. The first-order chi connectivity index (χ1) is 9.19. The molecule has 0 radical (unpaired) electrons. The van der Waals surface area contributed by atoms with Crippen molar-refractivity contribution in [3.8, 4) is 5.75 Å². The van der Waals surface area contributed by atoms with E-state index < -0.39 is 0 Å². The molecule has 0 heterocycles. The fourth-order valence-electron chi connectivity index (χ4n) is 2.42. The fourth-order valence-corrected chi connectivity index (χ4v) is 3.28. The zero-order valence-electron chi connectivity index (χ0n) is 12.4. The molecule has 4 heteroatoms. The highest BCUT2D eigenvalue weighted by Gasteiger charge is 2.24. The number of methoxy groups -OCH3 is 1. The quantitative estimate of drug-likeness (QED) is 0.796. The molecule has 2 unspecified atom stereocenters. The lowest BCUT2D eigenvalue weighted by molar-refractivity contribution is 0.184. The van der Waals surface area contributed by atoms with Crippen molar-refractivity contribution in [3.05, 3.63) is 29.8 Å². The number of nitrogens with two attached hydrogens (primary N) is 1. The number of likely N-dealkylation sites (N-methyl/N-ethyl adjacent to an activating group) is 1. The molecule has 1 aromatic carbocycles. The van der Waals surface area contributed by atoms with Crippen LogP contribution in [0.25, 0.3) is 0 Å². The molecule has 0 bridgehead atoms. The first-order valence-corrected chi connectivity index (χ1v) is 8.12. The van der Waals surface area contributed by atoms with Gasteiger partial charge in [0, 0.05) is 23.9 Å². The highest BCUT2D eigenvalue weighted by molar-refractivity contribution is 7.98. The molecule has 0 aliphatic heterocycles. The molecule has 0 aliphatic rings. The van der Waals surface area contributed by atoms with Crippen molar-refractivity contribution in [1.29, 1.82) is 0 Å². The maximum atomic E-state index is 6.01. The van der Waals surface area contributed by atoms with Crippen molar-refractivity contribution >= 4 is 11.8 Å². The molecule has 2 atom stereocenters. The number of rotatable bonds is 8. The zero-order chi connectivity index (χ0) is 14.3. The average molecular weight is 282 g/mol. The minimum atomic E-state index is 0.202. The molecule has 19 heavy (non-hydrogen) atoms. The average Bonchev–Trinajstić information content (AvgIpc) is 2.45. The molecule has 108 valence electrons. The summed E-state index contributed by atoms with van der Waals surface area (Å²) in [6.07, 6.45) is 3.28. The lowest BCUT2D eigenvalue weighted by atomic mass is 10.0. The van der Waals surface area contributed by atoms with Crippen LogP contribution in [-0.2, 0) is 0 Å². The Labute approximate surface area is 121 Å². The Hall–Kier alpha value is -0.710. The molecule has 3 nitrogen and oxygen atoms in total. The summed E-state index contributed by atoms with van der Waals surface area (Å²) in [5.41, 5.74) is 7.19. The maximum absolute atomic E-state index is 6.01. The molecule has 0 spiro atoms. The van der Waals surface area contributed by atoms with Gasteiger partial charge in [0.2, 0.25) is 0 Å². The summed E-state index contributed by atoms with van der Waals surface area (Å²) in [5.74, 6) is 2.04. The largest absolute Gasteiger partial charge is 0.496 e. The van der Waals surface area contributed by atoms with Gasteiger partial charge in [-0.1, -0.05) is 25.1 Å². The molecule has 1 aromatic rings. The molecule has 0 aliphatic carbocycles. The minimum absolute atomic E-state index is 0.202. The van der Waals surface area contributed by atoms with E-state index >= 15 is 0 Å². The molecule has 0 saturated carbocycles. The highest BCUT2D eigenvalue weighted by atomic mass is 32.2. The smallest absolute Gasteiger partial charge is 0.123 e. The van der Waals surface area contributed by atoms with Crippen LogP contribution < -0.4 is 10.5 Å². The monoisotopic (exact) mass is 282 g/mol. The Morgan fingerprint density at radius 1 is 1.37 bits per heavy atom. The molecule has 0 fully saturated rings. The number of nitrogens with zero attached hydrogens (tertiary/aromatic N) is 1. The molecular weight excluding hydrogens is 256 g/mol. The Balaban J connectivity index is 2.98. The van der Waals surface area contributed by atoms with Crippen LogP contribution in [0, 0.1) is 0 Å². The van der Waals surface area contributed by atoms with E-state index in [2.05, 4.69) is 31.2 Å². The van der Waals surface area contributed by atoms with Gasteiger partial charge >= 0.3 is 0 Å². The van der Waals surface area contributed by atoms with Crippen molar-refractivity contribution in [2.75, 3.05) is 32.7 Å². The number of para-hydroxylation sites is 1. The highest BCUT2D eigenvalue weighted by Crippen LogP contribution is 2.30. The second-order valence-electron chi connectivity index (χ2n) is 4.68. The number of thioether (sulfide) groups is 1. The van der Waals surface area contributed by atoms with Gasteiger partial charge in [0.1, 0.15) is 5.75 Å². The van der Waals surface area contributed by atoms with Gasteiger partial charge in [-0.3, -0.25) is 4.90 Å². The molecule has 0 saturated heterocycles. The Morgan fingerprint density at radius 3 is 2.58 bits per heavy atom. The Morgan fingerprint density at radius 2 is 2.05 bits per heavy atom. The van der Waals surface area contributed by atoms with Gasteiger partial charge < -0.3 is 10.5 Å². The molecule has 0 amide bonds. The van der Waals surface area contributed by atoms with Gasteiger partial charge in [-0.15, -0.1) is 0 Å². The Kier molecular flexibility index (Phi) is 7.28. The van der Waals surface area contributed by atoms with E-state index in [1.165, 1.54) is 5.56 Å². The lowest BCUT2D eigenvalue weighted by Crippen LogP contribution is -2.39. The van der Waals surface area contributed by atoms with E-state index in [0.29, 0.717) is 12.6 Å². The van der Waals surface area contributed by atoms with E-state index in [4.69, 9.17) is 10.5 Å². The number of ether oxygens (including phenoxy) is 1. The fraction of sp³-hybridized carbons (Fsp3) is 0.600. The zero-order valence-corrected chi connectivity index (χ0v) is 13.2. The van der Waals surface area contributed by atoms with Gasteiger partial charge in [-0.25, -0.2) is 0 Å². The SMILES string of the molecule is CCC(CSC)N(C)C(CN)c1ccccc1OC. The van der Waals surface area contributed by atoms with Crippen LogP contribution in [-0.4, -0.2) is 43.7 Å². The molecule has 1 rings (SSSR count). The lowest BCUT2D eigenvalue weighted by Gasteiger charge is -2.34. The van der Waals surface area contributed by atoms with Crippen LogP contribution in [0.2, 0.25) is 0 Å². The van der Waals surface area contributed by atoms with E-state index in [1.807, 2.05) is 30.0 Å². The van der Waals surface area contributed by atoms with Gasteiger partial charge in [-0.05, 0) is 25.8 Å². The standard InChI is InChI=1S/C15H26N2OS/c1-5-12(11-19-4)17(2)14(10-16)13-8-6-7-9-15(13)18-3/h6-9,12,14H,5,10-11,16H2,1-4H3. The van der Waals surface area contributed by atoms with E-state index in [-0.39, 0.29) is 6.04 Å². The van der Waals surface area contributed by atoms with E-state index in [9.17, 15) is 0 Å². The van der Waals surface area contributed by atoms with Gasteiger partial charge in [0.05, 0.1) is 13.2 Å². The van der Waals surface area contributed by atoms with E-state index in [0.717, 1.165) is 17.9 Å². The van der Waals surface area contributed by atoms with E-state index in [1.54, 1.807) is 7.11 Å². The normalized spacial score (nSPS) is 14.4. The summed E-state index contributed by atoms with van der Waals surface area (Å²) in [4.78, 5) is 2.38. The van der Waals surface area contributed by atoms with Gasteiger partial charge in [0.25, 0.3) is 0 Å². The predicted octanol–water partition coefficient (Wildman–Crippen LogP) is 2.77. The third-order valence-electron chi connectivity index (χ3n) is 3.62. The minimum Gasteiger partial charge on any atom is -0.496 e. The van der Waals surface area contributed by atoms with Gasteiger partial charge in [-0.2, -0.15) is 11.8 Å². The van der Waals surface area contributed by atoms with Crippen LogP contribution >= 0.6 is 11.8 Å². The third-order valence-corrected chi connectivity index (χ3v) is 4.34. The summed E-state index contributed by atoms with van der Waals surface area (Å²) >= 11 is 1.88. The van der Waals surface area contributed by atoms with Crippen LogP contribution in [0.15, 0.2) is 24.3 Å². The number of hydrogen-bond donors (Lipinski definition) is 1. The Bertz CT molecular complexity index is 373. The molecular formula is C15H26N2OS. The van der Waals surface area contributed by atoms with Crippen LogP contribution in [0.3, 0.4) is 0 Å². The summed E-state index contributed by atoms with van der Waals surface area (Å²) in [7, 11) is 3.87. The maximum Gasteiger partial charge on any atom is 0.123 e. The van der Waals surface area contributed by atoms with Crippen LogP contribution in [0.4, 0.5) is 0 Å². The summed E-state index contributed by atoms with van der Waals surface area (Å²) in [6, 6.07) is 8.89. The first-order valence-electron chi connectivity index (χ1n) is 6.73. The molecule has 0 aromatic heterocycles. The van der Waals surface area contributed by atoms with Crippen molar-refractivity contribution in [1.82, 2.24) is 4.90 Å². The second-order valence-corrected chi connectivity index (χ2v) is 5.59. The number of hydrogen-bond acceptors (Lipinski definition) is 4. The predicted molar refractivity (Wildman–Crippen MR) is 85.0 cm³/mol.